The van der Waals surface area contributed by atoms with Crippen molar-refractivity contribution in [2.24, 2.45) is 0 Å². The van der Waals surface area contributed by atoms with Gasteiger partial charge in [0.1, 0.15) is 11.6 Å². The molecular weight excluding hydrogens is 367 g/mol. The van der Waals surface area contributed by atoms with Gasteiger partial charge in [0.25, 0.3) is 5.91 Å². The lowest BCUT2D eigenvalue weighted by Gasteiger charge is -2.21. The highest BCUT2D eigenvalue weighted by molar-refractivity contribution is 6.30. The Balaban J connectivity index is 1.60. The van der Waals surface area contributed by atoms with Crippen LogP contribution in [0.4, 0.5) is 4.39 Å². The Bertz CT molecular complexity index is 982. The Kier molecular flexibility index (Phi) is 4.66. The maximum absolute atomic E-state index is 13.5. The van der Waals surface area contributed by atoms with Crippen molar-refractivity contribution >= 4 is 17.5 Å². The van der Waals surface area contributed by atoms with Crippen LogP contribution in [-0.2, 0) is 6.54 Å². The first-order chi connectivity index (χ1) is 13.0. The van der Waals surface area contributed by atoms with Gasteiger partial charge in [0, 0.05) is 17.6 Å². The summed E-state index contributed by atoms with van der Waals surface area (Å²) in [7, 11) is 0. The molecule has 1 fully saturated rings. The molecule has 1 heterocycles. The number of halogens is 2. The molecule has 0 aliphatic heterocycles. The number of nitrogens with zero attached hydrogens (tertiary/aromatic N) is 4. The highest BCUT2D eigenvalue weighted by atomic mass is 35.5. The number of rotatable bonds is 5. The lowest BCUT2D eigenvalue weighted by atomic mass is 10.2. The molecule has 0 spiro atoms. The van der Waals surface area contributed by atoms with Crippen LogP contribution in [0.15, 0.2) is 48.5 Å². The van der Waals surface area contributed by atoms with Gasteiger partial charge in [-0.1, -0.05) is 23.7 Å². The van der Waals surface area contributed by atoms with Crippen LogP contribution in [0.2, 0.25) is 5.02 Å². The first-order valence-electron chi connectivity index (χ1n) is 8.76. The first kappa shape index (κ1) is 17.7. The summed E-state index contributed by atoms with van der Waals surface area (Å²) in [6.45, 7) is 2.14. The second-order valence-electron chi connectivity index (χ2n) is 6.66. The predicted octanol–water partition coefficient (Wildman–Crippen LogP) is 4.17. The standard InChI is InChI=1S/C20H18ClFN4O/c1-13-23-19(24-26(13)18-7-5-15(21)6-8-18)20(27)25(17-9-10-17)12-14-3-2-4-16(22)11-14/h2-8,11,17H,9-10,12H2,1H3. The van der Waals surface area contributed by atoms with Crippen molar-refractivity contribution in [3.05, 3.63) is 76.6 Å². The van der Waals surface area contributed by atoms with Crippen LogP contribution in [0, 0.1) is 12.7 Å². The normalized spacial score (nSPS) is 13.6. The Morgan fingerprint density at radius 2 is 2.00 bits per heavy atom. The summed E-state index contributed by atoms with van der Waals surface area (Å²) in [5, 5.41) is 5.02. The molecule has 0 radical (unpaired) electrons. The Hall–Kier alpha value is -2.73. The minimum absolute atomic E-state index is 0.144. The monoisotopic (exact) mass is 384 g/mol. The molecule has 7 heteroatoms. The van der Waals surface area contributed by atoms with Crippen molar-refractivity contribution in [1.29, 1.82) is 0 Å². The molecule has 3 aromatic rings. The van der Waals surface area contributed by atoms with Gasteiger partial charge in [0.05, 0.1) is 5.69 Å². The van der Waals surface area contributed by atoms with Gasteiger partial charge in [0.2, 0.25) is 5.82 Å². The topological polar surface area (TPSA) is 51.0 Å². The molecule has 0 unspecified atom stereocenters. The minimum atomic E-state index is -0.309. The molecule has 1 aromatic heterocycles. The number of amides is 1. The average molecular weight is 385 g/mol. The second kappa shape index (κ2) is 7.12. The van der Waals surface area contributed by atoms with Crippen molar-refractivity contribution in [3.8, 4) is 5.69 Å². The number of carbonyl (C=O) groups is 1. The van der Waals surface area contributed by atoms with Crippen LogP contribution < -0.4 is 0 Å². The third-order valence-corrected chi connectivity index (χ3v) is 4.77. The average Bonchev–Trinajstić information content (AvgIpc) is 3.42. The molecule has 1 aliphatic carbocycles. The predicted molar refractivity (Wildman–Crippen MR) is 100 cm³/mol. The van der Waals surface area contributed by atoms with Gasteiger partial charge in [-0.25, -0.2) is 14.1 Å². The van der Waals surface area contributed by atoms with Crippen molar-refractivity contribution in [3.63, 3.8) is 0 Å². The number of aryl methyl sites for hydroxylation is 1. The Morgan fingerprint density at radius 3 is 2.67 bits per heavy atom. The fraction of sp³-hybridized carbons (Fsp3) is 0.250. The molecule has 0 saturated heterocycles. The zero-order chi connectivity index (χ0) is 19.0. The van der Waals surface area contributed by atoms with Crippen LogP contribution in [0.25, 0.3) is 5.69 Å². The van der Waals surface area contributed by atoms with Gasteiger partial charge in [-0.2, -0.15) is 0 Å². The molecule has 1 saturated carbocycles. The van der Waals surface area contributed by atoms with E-state index in [9.17, 15) is 9.18 Å². The second-order valence-corrected chi connectivity index (χ2v) is 7.10. The zero-order valence-corrected chi connectivity index (χ0v) is 15.5. The summed E-state index contributed by atoms with van der Waals surface area (Å²) in [6, 6.07) is 13.6. The van der Waals surface area contributed by atoms with E-state index in [1.807, 2.05) is 18.2 Å². The van der Waals surface area contributed by atoms with Gasteiger partial charge in [-0.05, 0) is 61.7 Å². The molecule has 4 rings (SSSR count). The van der Waals surface area contributed by atoms with Crippen molar-refractivity contribution < 1.29 is 9.18 Å². The maximum Gasteiger partial charge on any atom is 0.294 e. The van der Waals surface area contributed by atoms with Gasteiger partial charge < -0.3 is 4.90 Å². The van der Waals surface area contributed by atoms with Gasteiger partial charge in [-0.3, -0.25) is 4.79 Å². The highest BCUT2D eigenvalue weighted by Crippen LogP contribution is 2.29. The van der Waals surface area contributed by atoms with Crippen molar-refractivity contribution in [2.45, 2.75) is 32.4 Å². The number of hydrogen-bond donors (Lipinski definition) is 0. The van der Waals surface area contributed by atoms with E-state index in [-0.39, 0.29) is 23.6 Å². The zero-order valence-electron chi connectivity index (χ0n) is 14.8. The van der Waals surface area contributed by atoms with Crippen LogP contribution >= 0.6 is 11.6 Å². The van der Waals surface area contributed by atoms with Crippen LogP contribution in [0.3, 0.4) is 0 Å². The molecular formula is C20H18ClFN4O. The van der Waals surface area contributed by atoms with Crippen molar-refractivity contribution in [1.82, 2.24) is 19.7 Å². The Morgan fingerprint density at radius 1 is 1.26 bits per heavy atom. The van der Waals surface area contributed by atoms with Crippen LogP contribution in [-0.4, -0.2) is 31.6 Å². The molecule has 2 aromatic carbocycles. The molecule has 138 valence electrons. The van der Waals surface area contributed by atoms with E-state index in [2.05, 4.69) is 10.1 Å². The largest absolute Gasteiger partial charge is 0.329 e. The van der Waals surface area contributed by atoms with Gasteiger partial charge in [-0.15, -0.1) is 5.10 Å². The van der Waals surface area contributed by atoms with E-state index in [1.54, 1.807) is 34.7 Å². The van der Waals surface area contributed by atoms with E-state index in [0.29, 0.717) is 17.4 Å². The van der Waals surface area contributed by atoms with Gasteiger partial charge in [0.15, 0.2) is 0 Å². The van der Waals surface area contributed by atoms with E-state index >= 15 is 0 Å². The quantitative estimate of drug-likeness (QED) is 0.663. The number of benzene rings is 2. The lowest BCUT2D eigenvalue weighted by molar-refractivity contribution is 0.0717. The summed E-state index contributed by atoms with van der Waals surface area (Å²) in [6.07, 6.45) is 1.88. The van der Waals surface area contributed by atoms with E-state index < -0.39 is 0 Å². The molecule has 0 atom stereocenters. The highest BCUT2D eigenvalue weighted by Gasteiger charge is 2.35. The third-order valence-electron chi connectivity index (χ3n) is 4.52. The number of aromatic nitrogens is 3. The van der Waals surface area contributed by atoms with Gasteiger partial charge >= 0.3 is 0 Å². The van der Waals surface area contributed by atoms with E-state index in [4.69, 9.17) is 11.6 Å². The van der Waals surface area contributed by atoms with Crippen LogP contribution in [0.1, 0.15) is 34.8 Å². The van der Waals surface area contributed by atoms with Crippen LogP contribution in [0.5, 0.6) is 0 Å². The fourth-order valence-corrected chi connectivity index (χ4v) is 3.15. The molecule has 5 nitrogen and oxygen atoms in total. The summed E-state index contributed by atoms with van der Waals surface area (Å²) >= 11 is 5.93. The third kappa shape index (κ3) is 3.85. The molecule has 27 heavy (non-hydrogen) atoms. The summed E-state index contributed by atoms with van der Waals surface area (Å²) in [4.78, 5) is 19.1. The first-order valence-corrected chi connectivity index (χ1v) is 9.14. The number of hydrogen-bond acceptors (Lipinski definition) is 3. The SMILES string of the molecule is Cc1nc(C(=O)N(Cc2cccc(F)c2)C2CC2)nn1-c1ccc(Cl)cc1. The fourth-order valence-electron chi connectivity index (χ4n) is 3.02. The molecule has 0 N–H and O–H groups in total. The van der Waals surface area contributed by atoms with E-state index in [1.165, 1.54) is 12.1 Å². The lowest BCUT2D eigenvalue weighted by Crippen LogP contribution is -2.33. The Labute approximate surface area is 161 Å². The molecule has 0 bridgehead atoms. The minimum Gasteiger partial charge on any atom is -0.329 e. The summed E-state index contributed by atoms with van der Waals surface area (Å²) < 4.78 is 15.1. The maximum atomic E-state index is 13.5. The summed E-state index contributed by atoms with van der Waals surface area (Å²) in [5.41, 5.74) is 1.54. The summed E-state index contributed by atoms with van der Waals surface area (Å²) in [5.74, 6) is 0.210. The molecule has 1 amide bonds. The van der Waals surface area contributed by atoms with E-state index in [0.717, 1.165) is 24.1 Å². The smallest absolute Gasteiger partial charge is 0.294 e. The van der Waals surface area contributed by atoms with Crippen molar-refractivity contribution in [2.75, 3.05) is 0 Å². The molecule has 1 aliphatic rings. The number of carbonyl (C=O) groups excluding carboxylic acids is 1.